The minimum absolute atomic E-state index is 0.236. The molecule has 6 nitrogen and oxygen atoms in total. The molecule has 0 aliphatic heterocycles. The smallest absolute Gasteiger partial charge is 0.319 e. The first kappa shape index (κ1) is 11.6. The number of aryl methyl sites for hydroxylation is 1. The third kappa shape index (κ3) is 1.69. The number of carboxylic acid groups (broad SMARTS) is 1. The van der Waals surface area contributed by atoms with Crippen molar-refractivity contribution in [1.29, 1.82) is 0 Å². The minimum Gasteiger partial charge on any atom is -0.480 e. The molecule has 1 aromatic heterocycles. The van der Waals surface area contributed by atoms with Crippen LogP contribution in [-0.4, -0.2) is 22.1 Å². The summed E-state index contributed by atoms with van der Waals surface area (Å²) in [5.41, 5.74) is 0.115. The van der Waals surface area contributed by atoms with Crippen molar-refractivity contribution >= 4 is 17.8 Å². The van der Waals surface area contributed by atoms with Crippen LogP contribution < -0.4 is 5.32 Å². The largest absolute Gasteiger partial charge is 0.480 e. The lowest BCUT2D eigenvalue weighted by atomic mass is 9.68. The molecule has 1 aliphatic rings. The number of carbonyl (C=O) groups is 2. The summed E-state index contributed by atoms with van der Waals surface area (Å²) >= 11 is 0. The van der Waals surface area contributed by atoms with E-state index in [1.165, 1.54) is 0 Å². The number of nitrogens with one attached hydrogen (secondary N) is 1. The van der Waals surface area contributed by atoms with E-state index >= 15 is 0 Å². The number of rotatable bonds is 3. The predicted octanol–water partition coefficient (Wildman–Crippen LogP) is 1.48. The van der Waals surface area contributed by atoms with Gasteiger partial charge in [-0.1, -0.05) is 11.6 Å². The SMILES string of the molecule is Cc1noc(NC(=O)C2(C(=O)O)CCC2)c1C. The number of hydrogen-bond donors (Lipinski definition) is 2. The lowest BCUT2D eigenvalue weighted by Gasteiger charge is -2.35. The maximum absolute atomic E-state index is 11.9. The average molecular weight is 238 g/mol. The quantitative estimate of drug-likeness (QED) is 0.778. The molecule has 17 heavy (non-hydrogen) atoms. The topological polar surface area (TPSA) is 92.4 Å². The van der Waals surface area contributed by atoms with E-state index in [0.29, 0.717) is 18.5 Å². The van der Waals surface area contributed by atoms with Gasteiger partial charge in [0.1, 0.15) is 5.41 Å². The second-order valence-electron chi connectivity index (χ2n) is 4.42. The molecule has 1 aromatic rings. The maximum atomic E-state index is 11.9. The molecule has 0 unspecified atom stereocenters. The number of nitrogens with zero attached hydrogens (tertiary/aromatic N) is 1. The summed E-state index contributed by atoms with van der Waals surface area (Å²) in [6.45, 7) is 3.51. The molecule has 1 aliphatic carbocycles. The van der Waals surface area contributed by atoms with E-state index in [2.05, 4.69) is 10.5 Å². The fraction of sp³-hybridized carbons (Fsp3) is 0.545. The number of aliphatic carboxylic acids is 1. The van der Waals surface area contributed by atoms with Crippen molar-refractivity contribution in [3.63, 3.8) is 0 Å². The lowest BCUT2D eigenvalue weighted by Crippen LogP contribution is -2.48. The lowest BCUT2D eigenvalue weighted by molar-refractivity contribution is -0.159. The van der Waals surface area contributed by atoms with Crippen molar-refractivity contribution in [2.45, 2.75) is 33.1 Å². The first-order valence-electron chi connectivity index (χ1n) is 5.45. The van der Waals surface area contributed by atoms with Crippen LogP contribution >= 0.6 is 0 Å². The molecule has 0 atom stereocenters. The van der Waals surface area contributed by atoms with Crippen LogP contribution in [0.15, 0.2) is 4.52 Å². The molecule has 1 heterocycles. The highest BCUT2D eigenvalue weighted by atomic mass is 16.5. The Morgan fingerprint density at radius 1 is 1.41 bits per heavy atom. The van der Waals surface area contributed by atoms with E-state index in [9.17, 15) is 9.59 Å². The Kier molecular flexibility index (Phi) is 2.65. The highest BCUT2D eigenvalue weighted by Crippen LogP contribution is 2.42. The molecule has 2 rings (SSSR count). The van der Waals surface area contributed by atoms with Gasteiger partial charge >= 0.3 is 5.97 Å². The molecule has 0 bridgehead atoms. The second kappa shape index (κ2) is 3.87. The molecule has 0 saturated heterocycles. The highest BCUT2D eigenvalue weighted by molar-refractivity contribution is 6.08. The fourth-order valence-corrected chi connectivity index (χ4v) is 1.82. The molecule has 0 spiro atoms. The van der Waals surface area contributed by atoms with Crippen LogP contribution in [-0.2, 0) is 9.59 Å². The van der Waals surface area contributed by atoms with Crippen molar-refractivity contribution in [3.05, 3.63) is 11.3 Å². The number of anilines is 1. The second-order valence-corrected chi connectivity index (χ2v) is 4.42. The summed E-state index contributed by atoms with van der Waals surface area (Å²) in [6, 6.07) is 0. The van der Waals surface area contributed by atoms with Crippen molar-refractivity contribution in [2.24, 2.45) is 5.41 Å². The Morgan fingerprint density at radius 3 is 2.41 bits per heavy atom. The van der Waals surface area contributed by atoms with Crippen LogP contribution in [0.4, 0.5) is 5.88 Å². The molecule has 2 N–H and O–H groups in total. The zero-order valence-corrected chi connectivity index (χ0v) is 9.74. The number of hydrogen-bond acceptors (Lipinski definition) is 4. The number of carboxylic acids is 1. The van der Waals surface area contributed by atoms with Crippen molar-refractivity contribution in [2.75, 3.05) is 5.32 Å². The van der Waals surface area contributed by atoms with Crippen LogP contribution in [0.2, 0.25) is 0 Å². The maximum Gasteiger partial charge on any atom is 0.319 e. The van der Waals surface area contributed by atoms with Crippen LogP contribution in [0.3, 0.4) is 0 Å². The normalized spacial score (nSPS) is 17.3. The van der Waals surface area contributed by atoms with Crippen LogP contribution in [0, 0.1) is 19.3 Å². The Bertz CT molecular complexity index is 474. The zero-order valence-electron chi connectivity index (χ0n) is 9.74. The third-order valence-corrected chi connectivity index (χ3v) is 3.44. The van der Waals surface area contributed by atoms with Gasteiger partial charge < -0.3 is 9.63 Å². The summed E-state index contributed by atoms with van der Waals surface area (Å²) < 4.78 is 4.93. The van der Waals surface area contributed by atoms with E-state index in [0.717, 1.165) is 12.0 Å². The van der Waals surface area contributed by atoms with Gasteiger partial charge in [-0.05, 0) is 26.7 Å². The summed E-state index contributed by atoms with van der Waals surface area (Å²) in [5, 5.41) is 15.3. The number of amides is 1. The van der Waals surface area contributed by atoms with Crippen molar-refractivity contribution < 1.29 is 19.2 Å². The van der Waals surface area contributed by atoms with Gasteiger partial charge in [0.15, 0.2) is 0 Å². The predicted molar refractivity (Wildman–Crippen MR) is 58.5 cm³/mol. The van der Waals surface area contributed by atoms with Gasteiger partial charge in [0.05, 0.1) is 5.69 Å². The summed E-state index contributed by atoms with van der Waals surface area (Å²) in [6.07, 6.45) is 1.51. The molecular formula is C11H14N2O4. The molecule has 92 valence electrons. The van der Waals surface area contributed by atoms with Gasteiger partial charge in [-0.3, -0.25) is 14.9 Å². The Hall–Kier alpha value is -1.85. The van der Waals surface area contributed by atoms with Crippen LogP contribution in [0.25, 0.3) is 0 Å². The van der Waals surface area contributed by atoms with Crippen LogP contribution in [0.5, 0.6) is 0 Å². The van der Waals surface area contributed by atoms with E-state index in [4.69, 9.17) is 9.63 Å². The molecule has 0 radical (unpaired) electrons. The third-order valence-electron chi connectivity index (χ3n) is 3.44. The van der Waals surface area contributed by atoms with E-state index in [-0.39, 0.29) is 5.88 Å². The Labute approximate surface area is 98.0 Å². The fourth-order valence-electron chi connectivity index (χ4n) is 1.82. The summed E-state index contributed by atoms with van der Waals surface area (Å²) in [5.74, 6) is -1.36. The van der Waals surface area contributed by atoms with E-state index < -0.39 is 17.3 Å². The van der Waals surface area contributed by atoms with E-state index in [1.54, 1.807) is 13.8 Å². The molecule has 1 amide bonds. The molecular weight excluding hydrogens is 224 g/mol. The van der Waals surface area contributed by atoms with Crippen molar-refractivity contribution in [1.82, 2.24) is 5.16 Å². The average Bonchev–Trinajstić information content (AvgIpc) is 2.47. The molecule has 1 saturated carbocycles. The van der Waals surface area contributed by atoms with Gasteiger partial charge in [-0.2, -0.15) is 0 Å². The first-order valence-corrected chi connectivity index (χ1v) is 5.45. The molecule has 0 aromatic carbocycles. The van der Waals surface area contributed by atoms with Gasteiger partial charge in [0.2, 0.25) is 11.8 Å². The first-order chi connectivity index (χ1) is 7.97. The molecule has 6 heteroatoms. The van der Waals surface area contributed by atoms with E-state index in [1.807, 2.05) is 0 Å². The van der Waals surface area contributed by atoms with Gasteiger partial charge in [-0.25, -0.2) is 0 Å². The zero-order chi connectivity index (χ0) is 12.6. The minimum atomic E-state index is -1.28. The monoisotopic (exact) mass is 238 g/mol. The van der Waals surface area contributed by atoms with Crippen LogP contribution in [0.1, 0.15) is 30.5 Å². The number of carbonyl (C=O) groups excluding carboxylic acids is 1. The summed E-state index contributed by atoms with van der Waals surface area (Å²) in [7, 11) is 0. The summed E-state index contributed by atoms with van der Waals surface area (Å²) in [4.78, 5) is 23.1. The standard InChI is InChI=1S/C11H14N2O4/c1-6-7(2)13-17-8(6)12-9(14)11(10(15)16)4-3-5-11/h3-5H2,1-2H3,(H,12,14)(H,15,16). The van der Waals surface area contributed by atoms with Crippen molar-refractivity contribution in [3.8, 4) is 0 Å². The van der Waals surface area contributed by atoms with Gasteiger partial charge in [0, 0.05) is 5.56 Å². The highest BCUT2D eigenvalue weighted by Gasteiger charge is 2.51. The van der Waals surface area contributed by atoms with Gasteiger partial charge in [-0.15, -0.1) is 0 Å². The number of aromatic nitrogens is 1. The Morgan fingerprint density at radius 2 is 2.06 bits per heavy atom. The Balaban J connectivity index is 2.17. The van der Waals surface area contributed by atoms with Gasteiger partial charge in [0.25, 0.3) is 0 Å². The molecule has 1 fully saturated rings.